The molecule has 6 heteroatoms. The molecule has 0 fully saturated rings. The van der Waals surface area contributed by atoms with Crippen LogP contribution in [0.5, 0.6) is 5.75 Å². The van der Waals surface area contributed by atoms with Gasteiger partial charge in [0.2, 0.25) is 5.78 Å². The molecule has 1 aromatic heterocycles. The van der Waals surface area contributed by atoms with Crippen LogP contribution in [0, 0.1) is 0 Å². The van der Waals surface area contributed by atoms with Crippen molar-refractivity contribution in [2.45, 2.75) is 0 Å². The molecule has 0 bridgehead atoms. The summed E-state index contributed by atoms with van der Waals surface area (Å²) in [5.41, 5.74) is 0. The van der Waals surface area contributed by atoms with Gasteiger partial charge in [-0.2, -0.15) is 0 Å². The Bertz CT molecular complexity index is 583. The molecule has 0 aliphatic rings. The zero-order valence-corrected chi connectivity index (χ0v) is 13.7. The Morgan fingerprint density at radius 2 is 2.06 bits per heavy atom. The molecule has 0 saturated heterocycles. The zero-order valence-electron chi connectivity index (χ0n) is 8.95. The molecule has 1 aromatic carbocycles. The Hall–Kier alpha value is -0.360. The van der Waals surface area contributed by atoms with Gasteiger partial charge in [0.1, 0.15) is 5.75 Å². The highest BCUT2D eigenvalue weighted by Crippen LogP contribution is 2.28. The van der Waals surface area contributed by atoms with Crippen molar-refractivity contribution in [2.75, 3.05) is 6.61 Å². The van der Waals surface area contributed by atoms with Crippen molar-refractivity contribution in [3.8, 4) is 5.75 Å². The normalized spacial score (nSPS) is 10.4. The minimum Gasteiger partial charge on any atom is -0.484 e. The third-order valence-electron chi connectivity index (χ3n) is 2.10. The molecule has 0 saturated carbocycles. The Morgan fingerprint density at radius 3 is 2.72 bits per heavy atom. The largest absolute Gasteiger partial charge is 0.484 e. The van der Waals surface area contributed by atoms with E-state index in [2.05, 4.69) is 31.9 Å². The number of hydrogen-bond donors (Lipinski definition) is 0. The third-order valence-corrected chi connectivity index (χ3v) is 4.57. The molecule has 0 amide bonds. The van der Waals surface area contributed by atoms with Gasteiger partial charge in [-0.3, -0.25) is 4.79 Å². The molecule has 0 aliphatic heterocycles. The van der Waals surface area contributed by atoms with Gasteiger partial charge in [-0.1, -0.05) is 27.5 Å². The molecule has 0 unspecified atom stereocenters. The minimum absolute atomic E-state index is 0.0247. The number of thiophene rings is 1. The van der Waals surface area contributed by atoms with E-state index < -0.39 is 0 Å². The summed E-state index contributed by atoms with van der Waals surface area (Å²) < 4.78 is 7.20. The summed E-state index contributed by atoms with van der Waals surface area (Å²) in [5, 5.41) is 0.485. The number of halogens is 3. The summed E-state index contributed by atoms with van der Waals surface area (Å²) in [6.45, 7) is -0.0247. The maximum absolute atomic E-state index is 11.8. The molecular weight excluding hydrogens is 403 g/mol. The van der Waals surface area contributed by atoms with E-state index in [0.29, 0.717) is 15.6 Å². The molecule has 1 heterocycles. The van der Waals surface area contributed by atoms with Gasteiger partial charge >= 0.3 is 0 Å². The number of carbonyl (C=O) groups excluding carboxylic acids is 1. The molecule has 2 aromatic rings. The summed E-state index contributed by atoms with van der Waals surface area (Å²) in [4.78, 5) is 12.5. The van der Waals surface area contributed by atoms with Crippen LogP contribution in [0.4, 0.5) is 0 Å². The lowest BCUT2D eigenvalue weighted by Gasteiger charge is -2.06. The molecule has 0 aliphatic carbocycles. The first kappa shape index (κ1) is 14.1. The lowest BCUT2D eigenvalue weighted by atomic mass is 10.3. The summed E-state index contributed by atoms with van der Waals surface area (Å²) in [7, 11) is 0. The Balaban J connectivity index is 2.03. The molecule has 0 N–H and O–H groups in total. The van der Waals surface area contributed by atoms with Gasteiger partial charge in [0.05, 0.1) is 13.7 Å². The number of rotatable bonds is 4. The number of Topliss-reactive ketones (excluding diaryl/α,β-unsaturated/α-hetero) is 1. The van der Waals surface area contributed by atoms with Gasteiger partial charge < -0.3 is 4.74 Å². The first-order chi connectivity index (χ1) is 8.56. The first-order valence-corrected chi connectivity index (χ1v) is 7.70. The van der Waals surface area contributed by atoms with Crippen molar-refractivity contribution >= 4 is 60.6 Å². The van der Waals surface area contributed by atoms with E-state index in [9.17, 15) is 4.79 Å². The molecular formula is C12H7Br2ClO2S. The average Bonchev–Trinajstić information content (AvgIpc) is 2.77. The summed E-state index contributed by atoms with van der Waals surface area (Å²) in [6.07, 6.45) is 0. The second kappa shape index (κ2) is 6.19. The Morgan fingerprint density at radius 1 is 1.28 bits per heavy atom. The predicted octanol–water partition coefficient (Wildman–Crippen LogP) is 5.19. The van der Waals surface area contributed by atoms with Gasteiger partial charge in [0.15, 0.2) is 6.61 Å². The van der Waals surface area contributed by atoms with Gasteiger partial charge in [0, 0.05) is 4.47 Å². The third kappa shape index (κ3) is 3.57. The lowest BCUT2D eigenvalue weighted by molar-refractivity contribution is 0.0925. The maximum atomic E-state index is 11.8. The van der Waals surface area contributed by atoms with Gasteiger partial charge in [-0.05, 0) is 46.3 Å². The van der Waals surface area contributed by atoms with Crippen LogP contribution in [0.2, 0.25) is 5.02 Å². The predicted molar refractivity (Wildman–Crippen MR) is 81.0 cm³/mol. The second-order valence-corrected chi connectivity index (χ2v) is 7.18. The van der Waals surface area contributed by atoms with Crippen molar-refractivity contribution < 1.29 is 9.53 Å². The van der Waals surface area contributed by atoms with Crippen LogP contribution < -0.4 is 4.74 Å². The van der Waals surface area contributed by atoms with E-state index in [4.69, 9.17) is 16.3 Å². The lowest BCUT2D eigenvalue weighted by Crippen LogP contribution is -2.10. The molecule has 18 heavy (non-hydrogen) atoms. The molecule has 2 rings (SSSR count). The Kier molecular flexibility index (Phi) is 4.84. The molecule has 0 atom stereocenters. The van der Waals surface area contributed by atoms with Crippen molar-refractivity contribution in [3.05, 3.63) is 48.5 Å². The SMILES string of the molecule is O=C(COc1cc(Br)ccc1Cl)c1ccc(Br)s1. The summed E-state index contributed by atoms with van der Waals surface area (Å²) >= 11 is 14.0. The van der Waals surface area contributed by atoms with E-state index in [-0.39, 0.29) is 12.4 Å². The maximum Gasteiger partial charge on any atom is 0.210 e. The number of ketones is 1. The monoisotopic (exact) mass is 408 g/mol. The highest BCUT2D eigenvalue weighted by atomic mass is 79.9. The van der Waals surface area contributed by atoms with Crippen LogP contribution in [-0.2, 0) is 0 Å². The van der Waals surface area contributed by atoms with Crippen molar-refractivity contribution in [2.24, 2.45) is 0 Å². The van der Waals surface area contributed by atoms with Crippen LogP contribution in [-0.4, -0.2) is 12.4 Å². The average molecular weight is 411 g/mol. The topological polar surface area (TPSA) is 26.3 Å². The standard InChI is InChI=1S/C12H7Br2ClO2S/c13-7-1-2-8(15)10(5-7)17-6-9(16)11-3-4-12(14)18-11/h1-5H,6H2. The molecule has 94 valence electrons. The van der Waals surface area contributed by atoms with E-state index in [1.54, 1.807) is 18.2 Å². The van der Waals surface area contributed by atoms with Crippen molar-refractivity contribution in [1.82, 2.24) is 0 Å². The van der Waals surface area contributed by atoms with Crippen molar-refractivity contribution in [3.63, 3.8) is 0 Å². The zero-order chi connectivity index (χ0) is 13.1. The van der Waals surface area contributed by atoms with Crippen LogP contribution >= 0.6 is 54.8 Å². The summed E-state index contributed by atoms with van der Waals surface area (Å²) in [6, 6.07) is 8.87. The number of ether oxygens (including phenoxy) is 1. The van der Waals surface area contributed by atoms with Gasteiger partial charge in [-0.25, -0.2) is 0 Å². The fourth-order valence-electron chi connectivity index (χ4n) is 1.27. The Labute approximate surface area is 130 Å². The summed E-state index contributed by atoms with van der Waals surface area (Å²) in [5.74, 6) is 0.428. The second-order valence-electron chi connectivity index (χ2n) is 3.39. The number of benzene rings is 1. The van der Waals surface area contributed by atoms with E-state index >= 15 is 0 Å². The van der Waals surface area contributed by atoms with E-state index in [1.807, 2.05) is 12.1 Å². The fraction of sp³-hybridized carbons (Fsp3) is 0.0833. The molecule has 0 radical (unpaired) electrons. The fourth-order valence-corrected chi connectivity index (χ4v) is 3.09. The van der Waals surface area contributed by atoms with Crippen LogP contribution in [0.15, 0.2) is 38.6 Å². The number of carbonyl (C=O) groups is 1. The first-order valence-electron chi connectivity index (χ1n) is 4.92. The van der Waals surface area contributed by atoms with Gasteiger partial charge in [0.25, 0.3) is 0 Å². The molecule has 2 nitrogen and oxygen atoms in total. The van der Waals surface area contributed by atoms with Crippen molar-refractivity contribution in [1.29, 1.82) is 0 Å². The van der Waals surface area contributed by atoms with Crippen LogP contribution in [0.25, 0.3) is 0 Å². The number of hydrogen-bond acceptors (Lipinski definition) is 3. The van der Waals surface area contributed by atoms with E-state index in [0.717, 1.165) is 8.26 Å². The van der Waals surface area contributed by atoms with Gasteiger partial charge in [-0.15, -0.1) is 11.3 Å². The van der Waals surface area contributed by atoms with E-state index in [1.165, 1.54) is 11.3 Å². The van der Waals surface area contributed by atoms with Crippen LogP contribution in [0.3, 0.4) is 0 Å². The highest BCUT2D eigenvalue weighted by Gasteiger charge is 2.11. The molecule has 0 spiro atoms. The minimum atomic E-state index is -0.0678. The van der Waals surface area contributed by atoms with Crippen LogP contribution in [0.1, 0.15) is 9.67 Å². The smallest absolute Gasteiger partial charge is 0.210 e. The highest BCUT2D eigenvalue weighted by molar-refractivity contribution is 9.11. The quantitative estimate of drug-likeness (QED) is 0.649.